The Hall–Kier alpha value is -2.72. The molecule has 0 spiro atoms. The van der Waals surface area contributed by atoms with E-state index >= 15 is 0 Å². The quantitative estimate of drug-likeness (QED) is 0.448. The van der Waals surface area contributed by atoms with Gasteiger partial charge in [0.25, 0.3) is 0 Å². The number of aromatic nitrogens is 3. The minimum Gasteiger partial charge on any atom is -0.339 e. The lowest BCUT2D eigenvalue weighted by molar-refractivity contribution is 1.06. The van der Waals surface area contributed by atoms with E-state index in [0.29, 0.717) is 4.77 Å². The molecule has 0 saturated carbocycles. The number of rotatable bonds is 2. The van der Waals surface area contributed by atoms with Crippen LogP contribution in [0.1, 0.15) is 22.3 Å². The molecule has 130 valence electrons. The Morgan fingerprint density at radius 3 is 2.31 bits per heavy atom. The maximum atomic E-state index is 5.46. The molecule has 3 nitrogen and oxygen atoms in total. The molecule has 0 atom stereocenters. The number of nitrogens with one attached hydrogen (secondary N) is 1. The van der Waals surface area contributed by atoms with E-state index < -0.39 is 0 Å². The summed E-state index contributed by atoms with van der Waals surface area (Å²) in [6.45, 7) is 8.48. The van der Waals surface area contributed by atoms with Crippen LogP contribution in [0.2, 0.25) is 0 Å². The number of benzene rings is 2. The van der Waals surface area contributed by atoms with Crippen LogP contribution < -0.4 is 0 Å². The van der Waals surface area contributed by atoms with Crippen molar-refractivity contribution in [3.8, 4) is 22.4 Å². The molecular weight excluding hydrogens is 338 g/mol. The number of imidazole rings is 1. The van der Waals surface area contributed by atoms with Crippen LogP contribution in [0, 0.1) is 32.5 Å². The van der Waals surface area contributed by atoms with Gasteiger partial charge >= 0.3 is 0 Å². The number of H-pyrrole nitrogens is 1. The largest absolute Gasteiger partial charge is 0.339 e. The molecule has 2 aromatic carbocycles. The Kier molecular flexibility index (Phi) is 4.00. The van der Waals surface area contributed by atoms with E-state index in [4.69, 9.17) is 12.2 Å². The van der Waals surface area contributed by atoms with Gasteiger partial charge in [-0.05, 0) is 51.0 Å². The van der Waals surface area contributed by atoms with Gasteiger partial charge in [-0.3, -0.25) is 4.40 Å². The van der Waals surface area contributed by atoms with Gasteiger partial charge in [0, 0.05) is 23.5 Å². The van der Waals surface area contributed by atoms with Crippen molar-refractivity contribution in [3.05, 3.63) is 75.8 Å². The fourth-order valence-corrected chi connectivity index (χ4v) is 3.80. The van der Waals surface area contributed by atoms with Gasteiger partial charge in [-0.1, -0.05) is 53.1 Å². The maximum Gasteiger partial charge on any atom is 0.205 e. The SMILES string of the molecule is Cc1cc(C)cc(-c2cnc(=S)n3cc(-c4ccc(C)cc4C)[nH]c23)c1. The molecule has 0 unspecified atom stereocenters. The smallest absolute Gasteiger partial charge is 0.205 e. The molecule has 1 N–H and O–H groups in total. The van der Waals surface area contributed by atoms with Crippen molar-refractivity contribution < 1.29 is 0 Å². The number of nitrogens with zero attached hydrogens (tertiary/aromatic N) is 2. The molecule has 0 bridgehead atoms. The van der Waals surface area contributed by atoms with E-state index in [9.17, 15) is 0 Å². The highest BCUT2D eigenvalue weighted by atomic mass is 32.1. The summed E-state index contributed by atoms with van der Waals surface area (Å²) in [7, 11) is 0. The minimum absolute atomic E-state index is 0.556. The van der Waals surface area contributed by atoms with Gasteiger partial charge in [-0.2, -0.15) is 0 Å². The lowest BCUT2D eigenvalue weighted by atomic mass is 10.0. The Morgan fingerprint density at radius 1 is 0.885 bits per heavy atom. The molecule has 0 aliphatic carbocycles. The van der Waals surface area contributed by atoms with Crippen LogP contribution in [0.5, 0.6) is 0 Å². The topological polar surface area (TPSA) is 33.1 Å². The zero-order chi connectivity index (χ0) is 18.4. The van der Waals surface area contributed by atoms with Crippen molar-refractivity contribution in [1.82, 2.24) is 14.4 Å². The minimum atomic E-state index is 0.556. The molecule has 0 aliphatic rings. The van der Waals surface area contributed by atoms with Crippen LogP contribution in [0.3, 0.4) is 0 Å². The highest BCUT2D eigenvalue weighted by Crippen LogP contribution is 2.29. The zero-order valence-corrected chi connectivity index (χ0v) is 16.2. The van der Waals surface area contributed by atoms with E-state index in [1.807, 2.05) is 10.6 Å². The van der Waals surface area contributed by atoms with Crippen LogP contribution in [0.25, 0.3) is 28.0 Å². The third kappa shape index (κ3) is 2.86. The summed E-state index contributed by atoms with van der Waals surface area (Å²) in [6, 6.07) is 13.0. The van der Waals surface area contributed by atoms with Crippen LogP contribution >= 0.6 is 12.2 Å². The van der Waals surface area contributed by atoms with Crippen molar-refractivity contribution in [2.45, 2.75) is 27.7 Å². The zero-order valence-electron chi connectivity index (χ0n) is 15.4. The average Bonchev–Trinajstić information content (AvgIpc) is 3.00. The highest BCUT2D eigenvalue weighted by Gasteiger charge is 2.12. The first-order chi connectivity index (χ1) is 12.4. The van der Waals surface area contributed by atoms with E-state index in [0.717, 1.165) is 22.5 Å². The molecule has 26 heavy (non-hydrogen) atoms. The predicted octanol–water partition coefficient (Wildman–Crippen LogP) is 5.96. The number of aromatic amines is 1. The maximum absolute atomic E-state index is 5.46. The predicted molar refractivity (Wildman–Crippen MR) is 110 cm³/mol. The number of fused-ring (bicyclic) bond motifs is 1. The molecule has 4 aromatic rings. The summed E-state index contributed by atoms with van der Waals surface area (Å²) in [4.78, 5) is 8.02. The fourth-order valence-electron chi connectivity index (χ4n) is 3.60. The van der Waals surface area contributed by atoms with E-state index in [2.05, 4.69) is 80.3 Å². The number of aryl methyl sites for hydroxylation is 4. The second kappa shape index (κ2) is 6.22. The van der Waals surface area contributed by atoms with Crippen LogP contribution in [0.4, 0.5) is 0 Å². The Bertz CT molecular complexity index is 1180. The first-order valence-electron chi connectivity index (χ1n) is 8.69. The number of hydrogen-bond acceptors (Lipinski definition) is 2. The molecule has 2 heterocycles. The van der Waals surface area contributed by atoms with E-state index in [1.165, 1.54) is 27.8 Å². The van der Waals surface area contributed by atoms with Gasteiger partial charge in [0.15, 0.2) is 0 Å². The average molecular weight is 359 g/mol. The fraction of sp³-hybridized carbons (Fsp3) is 0.182. The Labute approximate surface area is 158 Å². The van der Waals surface area contributed by atoms with Gasteiger partial charge in [-0.25, -0.2) is 4.98 Å². The summed E-state index contributed by atoms with van der Waals surface area (Å²) in [5.41, 5.74) is 10.4. The third-order valence-corrected chi connectivity index (χ3v) is 5.02. The third-order valence-electron chi connectivity index (χ3n) is 4.72. The molecule has 0 amide bonds. The van der Waals surface area contributed by atoms with Crippen molar-refractivity contribution >= 4 is 17.9 Å². The summed E-state index contributed by atoms with van der Waals surface area (Å²) in [6.07, 6.45) is 3.92. The van der Waals surface area contributed by atoms with Gasteiger partial charge in [-0.15, -0.1) is 0 Å². The van der Waals surface area contributed by atoms with Crippen molar-refractivity contribution in [2.75, 3.05) is 0 Å². The lowest BCUT2D eigenvalue weighted by Gasteiger charge is -2.07. The molecule has 0 radical (unpaired) electrons. The van der Waals surface area contributed by atoms with Crippen molar-refractivity contribution in [2.24, 2.45) is 0 Å². The molecule has 0 aliphatic heterocycles. The van der Waals surface area contributed by atoms with Gasteiger partial charge in [0.1, 0.15) is 5.65 Å². The second-order valence-corrected chi connectivity index (χ2v) is 7.40. The first-order valence-corrected chi connectivity index (χ1v) is 9.10. The van der Waals surface area contributed by atoms with Crippen molar-refractivity contribution in [3.63, 3.8) is 0 Å². The Morgan fingerprint density at radius 2 is 1.62 bits per heavy atom. The monoisotopic (exact) mass is 359 g/mol. The van der Waals surface area contributed by atoms with Crippen LogP contribution in [-0.4, -0.2) is 14.4 Å². The number of hydrogen-bond donors (Lipinski definition) is 1. The summed E-state index contributed by atoms with van der Waals surface area (Å²) < 4.78 is 2.53. The van der Waals surface area contributed by atoms with E-state index in [1.54, 1.807) is 0 Å². The summed E-state index contributed by atoms with van der Waals surface area (Å²) >= 11 is 5.46. The standard InChI is InChI=1S/C22H21N3S/c1-13-5-6-18(16(4)8-13)20-12-25-21(24-20)19(11-23-22(25)26)17-9-14(2)7-15(3)10-17/h5-12,24H,1-4H3. The molecule has 0 fully saturated rings. The normalized spacial score (nSPS) is 11.2. The molecule has 4 heteroatoms. The molecule has 2 aromatic heterocycles. The van der Waals surface area contributed by atoms with Crippen molar-refractivity contribution in [1.29, 1.82) is 0 Å². The molecule has 4 rings (SSSR count). The summed E-state index contributed by atoms with van der Waals surface area (Å²) in [5, 5.41) is 0. The van der Waals surface area contributed by atoms with Crippen LogP contribution in [-0.2, 0) is 0 Å². The molecule has 0 saturated heterocycles. The summed E-state index contributed by atoms with van der Waals surface area (Å²) in [5.74, 6) is 0. The highest BCUT2D eigenvalue weighted by molar-refractivity contribution is 7.71. The van der Waals surface area contributed by atoms with E-state index in [-0.39, 0.29) is 0 Å². The second-order valence-electron chi connectivity index (χ2n) is 7.04. The van der Waals surface area contributed by atoms with Gasteiger partial charge in [0.2, 0.25) is 4.77 Å². The lowest BCUT2D eigenvalue weighted by Crippen LogP contribution is -1.93. The van der Waals surface area contributed by atoms with Gasteiger partial charge in [0.05, 0.1) is 5.69 Å². The molecular formula is C22H21N3S. The first kappa shape index (κ1) is 16.7. The Balaban J connectivity index is 1.98. The van der Waals surface area contributed by atoms with Gasteiger partial charge < -0.3 is 4.98 Å². The van der Waals surface area contributed by atoms with Crippen LogP contribution in [0.15, 0.2) is 48.8 Å².